The molecule has 1 fully saturated rings. The van der Waals surface area contributed by atoms with Gasteiger partial charge in [-0.05, 0) is 25.0 Å². The Morgan fingerprint density at radius 2 is 2.17 bits per heavy atom. The Morgan fingerprint density at radius 3 is 2.88 bits per heavy atom. The van der Waals surface area contributed by atoms with Crippen molar-refractivity contribution in [3.8, 4) is 11.4 Å². The summed E-state index contributed by atoms with van der Waals surface area (Å²) < 4.78 is 3.86. The summed E-state index contributed by atoms with van der Waals surface area (Å²) in [6, 6.07) is 6.28. The van der Waals surface area contributed by atoms with Gasteiger partial charge in [-0.2, -0.15) is 8.97 Å². The number of pyridine rings is 1. The van der Waals surface area contributed by atoms with Crippen LogP contribution in [-0.2, 0) is 0 Å². The molecule has 24 heavy (non-hydrogen) atoms. The summed E-state index contributed by atoms with van der Waals surface area (Å²) in [6.45, 7) is 1.61. The number of nitrogens with one attached hydrogen (secondary N) is 1. The number of anilines is 1. The first kappa shape index (κ1) is 15.3. The summed E-state index contributed by atoms with van der Waals surface area (Å²) in [5.41, 5.74) is 1.68. The van der Waals surface area contributed by atoms with Crippen LogP contribution in [0.1, 0.15) is 43.8 Å². The van der Waals surface area contributed by atoms with Crippen molar-refractivity contribution in [3.63, 3.8) is 0 Å². The molecule has 0 bridgehead atoms. The quantitative estimate of drug-likeness (QED) is 0.738. The van der Waals surface area contributed by atoms with Crippen molar-refractivity contribution in [2.45, 2.75) is 45.1 Å². The highest BCUT2D eigenvalue weighted by atomic mass is 32.1. The van der Waals surface area contributed by atoms with E-state index in [-0.39, 0.29) is 5.91 Å². The maximum atomic E-state index is 12.4. The third kappa shape index (κ3) is 2.60. The van der Waals surface area contributed by atoms with Gasteiger partial charge < -0.3 is 0 Å². The number of nitrogens with zero attached hydrogens (tertiary/aromatic N) is 3. The molecule has 4 rings (SSSR count). The van der Waals surface area contributed by atoms with Crippen LogP contribution >= 0.6 is 11.3 Å². The van der Waals surface area contributed by atoms with Crippen LogP contribution in [-0.4, -0.2) is 21.5 Å². The first-order chi connectivity index (χ1) is 11.8. The second-order valence-electron chi connectivity index (χ2n) is 6.30. The lowest BCUT2D eigenvalue weighted by Crippen LogP contribution is -2.29. The molecule has 3 aromatic heterocycles. The highest BCUT2D eigenvalue weighted by Crippen LogP contribution is 2.31. The Morgan fingerprint density at radius 1 is 1.33 bits per heavy atom. The molecule has 1 N–H and O–H groups in total. The minimum Gasteiger partial charge on any atom is -0.300 e. The molecule has 0 unspecified atom stereocenters. The molecule has 3 heterocycles. The van der Waals surface area contributed by atoms with Crippen molar-refractivity contribution in [3.05, 3.63) is 36.0 Å². The fourth-order valence-corrected chi connectivity index (χ4v) is 4.42. The first-order valence-electron chi connectivity index (χ1n) is 8.48. The smallest absolute Gasteiger partial charge is 0.299 e. The first-order valence-corrected chi connectivity index (χ1v) is 9.36. The van der Waals surface area contributed by atoms with Gasteiger partial charge >= 0.3 is 0 Å². The predicted molar refractivity (Wildman–Crippen MR) is 95.5 cm³/mol. The maximum Gasteiger partial charge on any atom is 0.299 e. The van der Waals surface area contributed by atoms with Crippen LogP contribution in [0.4, 0.5) is 5.82 Å². The minimum atomic E-state index is 0.00676. The third-order valence-corrected chi connectivity index (χ3v) is 5.49. The third-order valence-electron chi connectivity index (χ3n) is 4.64. The van der Waals surface area contributed by atoms with E-state index in [2.05, 4.69) is 14.7 Å². The van der Waals surface area contributed by atoms with Gasteiger partial charge in [0, 0.05) is 18.5 Å². The van der Waals surface area contributed by atoms with Crippen molar-refractivity contribution < 1.29 is 9.20 Å². The Hall–Kier alpha value is -2.21. The summed E-state index contributed by atoms with van der Waals surface area (Å²) in [5, 5.41) is 5.73. The van der Waals surface area contributed by atoms with E-state index < -0.39 is 0 Å². The van der Waals surface area contributed by atoms with Crippen molar-refractivity contribution in [1.82, 2.24) is 9.55 Å². The minimum absolute atomic E-state index is 0.00676. The zero-order chi connectivity index (χ0) is 16.5. The van der Waals surface area contributed by atoms with Gasteiger partial charge in [-0.25, -0.2) is 0 Å². The van der Waals surface area contributed by atoms with Gasteiger partial charge in [0.1, 0.15) is 5.69 Å². The van der Waals surface area contributed by atoms with Crippen molar-refractivity contribution >= 4 is 28.0 Å². The summed E-state index contributed by atoms with van der Waals surface area (Å²) in [5.74, 6) is 0.986. The van der Waals surface area contributed by atoms with Gasteiger partial charge in [-0.1, -0.05) is 36.7 Å². The van der Waals surface area contributed by atoms with E-state index >= 15 is 0 Å². The lowest BCUT2D eigenvalue weighted by Gasteiger charge is -2.20. The number of hydrogen-bond donors (Lipinski definition) is 1. The molecule has 3 aromatic rings. The van der Waals surface area contributed by atoms with Gasteiger partial charge in [0.25, 0.3) is 16.7 Å². The molecule has 0 saturated heterocycles. The Labute approximate surface area is 145 Å². The van der Waals surface area contributed by atoms with Crippen molar-refractivity contribution in [1.29, 1.82) is 0 Å². The second kappa shape index (κ2) is 6.36. The lowest BCUT2D eigenvalue weighted by atomic mass is 9.95. The number of imidazole rings is 1. The molecule has 0 spiro atoms. The molecule has 0 atom stereocenters. The van der Waals surface area contributed by atoms with Crippen molar-refractivity contribution in [2.24, 2.45) is 0 Å². The Kier molecular flexibility index (Phi) is 4.06. The van der Waals surface area contributed by atoms with Gasteiger partial charge in [-0.3, -0.25) is 15.1 Å². The highest BCUT2D eigenvalue weighted by Gasteiger charge is 2.31. The Balaban J connectivity index is 1.89. The average Bonchev–Trinajstić information content (AvgIpc) is 3.18. The summed E-state index contributed by atoms with van der Waals surface area (Å²) in [7, 11) is 0. The van der Waals surface area contributed by atoms with E-state index in [0.717, 1.165) is 22.2 Å². The van der Waals surface area contributed by atoms with Crippen LogP contribution in [0, 0.1) is 0 Å². The van der Waals surface area contributed by atoms with E-state index in [1.807, 2.05) is 29.8 Å². The number of aromatic nitrogens is 3. The van der Waals surface area contributed by atoms with Crippen LogP contribution in [0.2, 0.25) is 0 Å². The van der Waals surface area contributed by atoms with E-state index in [4.69, 9.17) is 0 Å². The predicted octanol–water partition coefficient (Wildman–Crippen LogP) is 3.76. The number of fused-ring (bicyclic) bond motifs is 1. The summed E-state index contributed by atoms with van der Waals surface area (Å²) in [4.78, 5) is 17.8. The van der Waals surface area contributed by atoms with Gasteiger partial charge in [-0.15, -0.1) is 0 Å². The molecule has 1 saturated carbocycles. The molecule has 6 heteroatoms. The Bertz CT molecular complexity index is 862. The van der Waals surface area contributed by atoms with E-state index in [1.165, 1.54) is 32.1 Å². The number of carbonyl (C=O) groups excluding carboxylic acids is 1. The molecule has 0 aromatic carbocycles. The molecule has 5 nitrogen and oxygen atoms in total. The maximum absolute atomic E-state index is 12.4. The molecule has 1 aliphatic carbocycles. The fraction of sp³-hybridized carbons (Fsp3) is 0.389. The monoisotopic (exact) mass is 341 g/mol. The van der Waals surface area contributed by atoms with E-state index in [9.17, 15) is 4.79 Å². The lowest BCUT2D eigenvalue weighted by molar-refractivity contribution is -0.490. The second-order valence-corrected chi connectivity index (χ2v) is 7.17. The standard InChI is InChI=1S/C18H21N4OS/c1-13(23)22-16(15-9-5-6-10-19-15)17(21-11-12-24-18(21)22)20-14-7-3-2-4-8-14/h5-6,9-12,14,20H,2-4,7-8H2,1H3/q+1. The normalized spacial score (nSPS) is 15.7. The summed E-state index contributed by atoms with van der Waals surface area (Å²) in [6.07, 6.45) is 10.0. The summed E-state index contributed by atoms with van der Waals surface area (Å²) >= 11 is 1.57. The van der Waals surface area contributed by atoms with Gasteiger partial charge in [0.05, 0.1) is 12.2 Å². The number of carbonyl (C=O) groups is 1. The molecule has 0 amide bonds. The van der Waals surface area contributed by atoms with Crippen LogP contribution in [0.15, 0.2) is 36.0 Å². The zero-order valence-electron chi connectivity index (χ0n) is 13.7. The largest absolute Gasteiger partial charge is 0.300 e. The highest BCUT2D eigenvalue weighted by molar-refractivity contribution is 7.14. The zero-order valence-corrected chi connectivity index (χ0v) is 14.6. The van der Waals surface area contributed by atoms with Crippen molar-refractivity contribution in [2.75, 3.05) is 5.32 Å². The van der Waals surface area contributed by atoms with E-state index in [1.54, 1.807) is 29.0 Å². The molecular weight excluding hydrogens is 320 g/mol. The number of thiazole rings is 1. The van der Waals surface area contributed by atoms with Gasteiger partial charge in [0.2, 0.25) is 5.69 Å². The molecule has 0 aliphatic heterocycles. The van der Waals surface area contributed by atoms with Gasteiger partial charge in [0.15, 0.2) is 0 Å². The number of hydrogen-bond acceptors (Lipinski definition) is 4. The molecule has 124 valence electrons. The molecule has 1 aliphatic rings. The fourth-order valence-electron chi connectivity index (χ4n) is 3.53. The van der Waals surface area contributed by atoms with E-state index in [0.29, 0.717) is 6.04 Å². The molecule has 0 radical (unpaired) electrons. The van der Waals surface area contributed by atoms with Crippen LogP contribution < -0.4 is 9.72 Å². The SMILES string of the molecule is CC(=O)n1c(-c2ccccn2)c(NC2CCCCC2)[n+]2ccsc12. The van der Waals surface area contributed by atoms with Crippen LogP contribution in [0.25, 0.3) is 16.3 Å². The van der Waals surface area contributed by atoms with Crippen LogP contribution in [0.3, 0.4) is 0 Å². The molecular formula is C18H21N4OS+. The average molecular weight is 341 g/mol. The topological polar surface area (TPSA) is 51.0 Å². The van der Waals surface area contributed by atoms with Crippen LogP contribution in [0.5, 0.6) is 0 Å². The number of rotatable bonds is 3.